The molecular weight excluding hydrogens is 520 g/mol. The van der Waals surface area contributed by atoms with E-state index in [1.807, 2.05) is 12.1 Å². The summed E-state index contributed by atoms with van der Waals surface area (Å²) in [6.07, 6.45) is 10.5. The van der Waals surface area contributed by atoms with Crippen molar-refractivity contribution >= 4 is 11.9 Å². The number of benzene rings is 1. The quantitative estimate of drug-likeness (QED) is 0.152. The largest absolute Gasteiger partial charge is 0.504 e. The van der Waals surface area contributed by atoms with Crippen LogP contribution in [0.5, 0.6) is 11.5 Å². The van der Waals surface area contributed by atoms with Crippen LogP contribution in [0.2, 0.25) is 0 Å². The molecule has 2 aliphatic carbocycles. The van der Waals surface area contributed by atoms with Crippen LogP contribution in [0.1, 0.15) is 90.0 Å². The number of aliphatic hydroxyl groups is 1. The number of hydrogen-bond acceptors (Lipinski definition) is 7. The SMILES string of the molecule is CN=C(N)NC[C@@H]1C[C@H]([C@H](O)C[C@@H](CCc2ccc(O)c(O[C@@H]3CCNC4(CCCC4)C3)c2)OC(C)=O)CC[C@@H]1C. The second kappa shape index (κ2) is 14.6. The highest BCUT2D eigenvalue weighted by Gasteiger charge is 2.39. The van der Waals surface area contributed by atoms with Gasteiger partial charge in [0.1, 0.15) is 12.2 Å². The van der Waals surface area contributed by atoms with Crippen molar-refractivity contribution in [1.29, 1.82) is 0 Å². The van der Waals surface area contributed by atoms with Crippen molar-refractivity contribution in [2.45, 2.75) is 115 Å². The molecule has 0 bridgehead atoms. The molecule has 1 aliphatic heterocycles. The molecule has 3 aliphatic rings. The van der Waals surface area contributed by atoms with E-state index >= 15 is 0 Å². The zero-order chi connectivity index (χ0) is 29.4. The van der Waals surface area contributed by atoms with E-state index in [0.29, 0.717) is 42.8 Å². The molecule has 0 amide bonds. The average Bonchev–Trinajstić information content (AvgIpc) is 3.39. The van der Waals surface area contributed by atoms with Crippen LogP contribution in [-0.2, 0) is 16.0 Å². The molecule has 1 spiro atoms. The van der Waals surface area contributed by atoms with E-state index in [0.717, 1.165) is 50.8 Å². The first kappa shape index (κ1) is 31.4. The molecule has 1 heterocycles. The van der Waals surface area contributed by atoms with Gasteiger partial charge in [-0.1, -0.05) is 32.3 Å². The third-order valence-electron chi connectivity index (χ3n) is 9.79. The van der Waals surface area contributed by atoms with Crippen molar-refractivity contribution in [3.63, 3.8) is 0 Å². The Morgan fingerprint density at radius 2 is 2.05 bits per heavy atom. The second-order valence-corrected chi connectivity index (χ2v) is 12.8. The summed E-state index contributed by atoms with van der Waals surface area (Å²) in [5.41, 5.74) is 7.04. The Balaban J connectivity index is 1.33. The zero-order valence-electron chi connectivity index (χ0n) is 25.2. The number of nitrogens with two attached hydrogens (primary N) is 1. The van der Waals surface area contributed by atoms with Crippen LogP contribution in [0.4, 0.5) is 0 Å². The van der Waals surface area contributed by atoms with Gasteiger partial charge in [0, 0.05) is 38.9 Å². The van der Waals surface area contributed by atoms with Crippen molar-refractivity contribution in [3.05, 3.63) is 23.8 Å². The molecule has 6 N–H and O–H groups in total. The number of aliphatic imine (C=N–C) groups is 1. The number of guanidine groups is 1. The maximum absolute atomic E-state index is 11.9. The summed E-state index contributed by atoms with van der Waals surface area (Å²) in [5.74, 6) is 1.87. The molecule has 0 aromatic heterocycles. The van der Waals surface area contributed by atoms with Gasteiger partial charge in [-0.25, -0.2) is 0 Å². The number of phenolic OH excluding ortho intramolecular Hbond substituents is 1. The molecule has 2 saturated carbocycles. The van der Waals surface area contributed by atoms with Gasteiger partial charge in [-0.05, 0) is 86.9 Å². The zero-order valence-corrected chi connectivity index (χ0v) is 25.2. The predicted molar refractivity (Wildman–Crippen MR) is 161 cm³/mol. The first-order valence-corrected chi connectivity index (χ1v) is 15.7. The monoisotopic (exact) mass is 572 g/mol. The van der Waals surface area contributed by atoms with Gasteiger partial charge in [0.05, 0.1) is 6.10 Å². The molecule has 4 rings (SSSR count). The maximum atomic E-state index is 11.9. The molecule has 0 unspecified atom stereocenters. The summed E-state index contributed by atoms with van der Waals surface area (Å²) in [4.78, 5) is 15.9. The van der Waals surface area contributed by atoms with E-state index in [1.54, 1.807) is 13.1 Å². The molecule has 9 heteroatoms. The van der Waals surface area contributed by atoms with Crippen molar-refractivity contribution < 1.29 is 24.5 Å². The van der Waals surface area contributed by atoms with Gasteiger partial charge < -0.3 is 36.1 Å². The molecule has 0 radical (unpaired) electrons. The Bertz CT molecular complexity index is 1030. The minimum absolute atomic E-state index is 0.0855. The summed E-state index contributed by atoms with van der Waals surface area (Å²) < 4.78 is 12.0. The van der Waals surface area contributed by atoms with Gasteiger partial charge in [-0.2, -0.15) is 0 Å². The number of nitrogens with zero attached hydrogens (tertiary/aromatic N) is 1. The first-order valence-electron chi connectivity index (χ1n) is 15.7. The predicted octanol–water partition coefficient (Wildman–Crippen LogP) is 4.04. The summed E-state index contributed by atoms with van der Waals surface area (Å²) in [5, 5.41) is 28.7. The van der Waals surface area contributed by atoms with Crippen molar-refractivity contribution in [2.75, 3.05) is 20.1 Å². The highest BCUT2D eigenvalue weighted by molar-refractivity contribution is 5.77. The average molecular weight is 573 g/mol. The second-order valence-electron chi connectivity index (χ2n) is 12.8. The molecule has 3 fully saturated rings. The lowest BCUT2D eigenvalue weighted by molar-refractivity contribution is -0.148. The number of ether oxygens (including phenoxy) is 2. The lowest BCUT2D eigenvalue weighted by Gasteiger charge is -2.39. The number of rotatable bonds is 11. The Hall–Kier alpha value is -2.52. The van der Waals surface area contributed by atoms with Gasteiger partial charge in [0.2, 0.25) is 0 Å². The number of carbonyl (C=O) groups is 1. The standard InChI is InChI=1S/C32H52N4O5/c1-21-6-9-24(17-25(21)20-35-31(33)34-3)29(39)18-26(40-22(2)37)10-7-23-8-11-28(38)30(16-23)41-27-12-15-36-32(19-27)13-4-5-14-32/h8,11,16,21,24-27,29,36,38-39H,4-7,9-10,12-15,17-20H2,1-3H3,(H3,33,34,35)/t21-,24+,25-,26+,27+,29+/m0/s1. The molecule has 6 atom stereocenters. The van der Waals surface area contributed by atoms with Crippen LogP contribution in [0.25, 0.3) is 0 Å². The van der Waals surface area contributed by atoms with E-state index in [9.17, 15) is 15.0 Å². The fraction of sp³-hybridized carbons (Fsp3) is 0.750. The Kier molecular flexibility index (Phi) is 11.2. The molecule has 1 aromatic rings. The number of aryl methyl sites for hydroxylation is 1. The third-order valence-corrected chi connectivity index (χ3v) is 9.79. The summed E-state index contributed by atoms with van der Waals surface area (Å²) in [6.45, 7) is 5.36. The van der Waals surface area contributed by atoms with E-state index in [2.05, 4.69) is 22.5 Å². The van der Waals surface area contributed by atoms with Gasteiger partial charge in [-0.3, -0.25) is 9.79 Å². The smallest absolute Gasteiger partial charge is 0.302 e. The number of hydrogen-bond donors (Lipinski definition) is 5. The Morgan fingerprint density at radius 1 is 1.27 bits per heavy atom. The number of piperidine rings is 1. The van der Waals surface area contributed by atoms with E-state index in [-0.39, 0.29) is 35.4 Å². The normalized spacial score (nSPS) is 27.8. The lowest BCUT2D eigenvalue weighted by Crippen LogP contribution is -2.51. The van der Waals surface area contributed by atoms with Crippen LogP contribution in [-0.4, -0.2) is 66.1 Å². The van der Waals surface area contributed by atoms with E-state index < -0.39 is 6.10 Å². The lowest BCUT2D eigenvalue weighted by atomic mass is 9.72. The summed E-state index contributed by atoms with van der Waals surface area (Å²) in [7, 11) is 1.67. The third kappa shape index (κ3) is 8.98. The number of nitrogens with one attached hydrogen (secondary N) is 2. The fourth-order valence-electron chi connectivity index (χ4n) is 7.28. The highest BCUT2D eigenvalue weighted by atomic mass is 16.5. The number of aromatic hydroxyl groups is 1. The molecular formula is C32H52N4O5. The highest BCUT2D eigenvalue weighted by Crippen LogP contribution is 2.39. The molecule has 1 aromatic carbocycles. The number of esters is 1. The topological polar surface area (TPSA) is 138 Å². The Labute approximate surface area is 245 Å². The minimum atomic E-state index is -0.548. The van der Waals surface area contributed by atoms with Crippen LogP contribution >= 0.6 is 0 Å². The summed E-state index contributed by atoms with van der Waals surface area (Å²) >= 11 is 0. The number of carbonyl (C=O) groups excluding carboxylic acids is 1. The van der Waals surface area contributed by atoms with Crippen molar-refractivity contribution in [1.82, 2.24) is 10.6 Å². The molecule has 9 nitrogen and oxygen atoms in total. The van der Waals surface area contributed by atoms with Gasteiger partial charge in [0.15, 0.2) is 17.5 Å². The Morgan fingerprint density at radius 3 is 2.78 bits per heavy atom. The van der Waals surface area contributed by atoms with Crippen molar-refractivity contribution in [2.24, 2.45) is 28.5 Å². The fourth-order valence-corrected chi connectivity index (χ4v) is 7.28. The van der Waals surface area contributed by atoms with Crippen LogP contribution in [0.3, 0.4) is 0 Å². The minimum Gasteiger partial charge on any atom is -0.504 e. The molecule has 230 valence electrons. The van der Waals surface area contributed by atoms with Crippen LogP contribution in [0.15, 0.2) is 23.2 Å². The first-order chi connectivity index (χ1) is 19.7. The number of phenols is 1. The summed E-state index contributed by atoms with van der Waals surface area (Å²) in [6, 6.07) is 5.52. The van der Waals surface area contributed by atoms with Gasteiger partial charge in [0.25, 0.3) is 0 Å². The van der Waals surface area contributed by atoms with Gasteiger partial charge >= 0.3 is 5.97 Å². The van der Waals surface area contributed by atoms with Crippen LogP contribution in [0, 0.1) is 17.8 Å². The number of aliphatic hydroxyl groups excluding tert-OH is 1. The maximum Gasteiger partial charge on any atom is 0.302 e. The van der Waals surface area contributed by atoms with E-state index in [1.165, 1.54) is 32.6 Å². The van der Waals surface area contributed by atoms with E-state index in [4.69, 9.17) is 15.2 Å². The molecule has 1 saturated heterocycles. The van der Waals surface area contributed by atoms with Crippen molar-refractivity contribution in [3.8, 4) is 11.5 Å². The van der Waals surface area contributed by atoms with Gasteiger partial charge in [-0.15, -0.1) is 0 Å². The van der Waals surface area contributed by atoms with Crippen LogP contribution < -0.4 is 21.1 Å². The molecule has 41 heavy (non-hydrogen) atoms.